The molecule has 3 unspecified atom stereocenters. The lowest BCUT2D eigenvalue weighted by Gasteiger charge is -2.19. The molecule has 1 aliphatic rings. The van der Waals surface area contributed by atoms with Crippen LogP contribution >= 0.6 is 0 Å². The summed E-state index contributed by atoms with van der Waals surface area (Å²) >= 11 is 0. The summed E-state index contributed by atoms with van der Waals surface area (Å²) in [5.41, 5.74) is 0.680. The largest absolute Gasteiger partial charge is 0.469 e. The van der Waals surface area contributed by atoms with Crippen molar-refractivity contribution in [3.8, 4) is 6.07 Å². The molecule has 0 aromatic heterocycles. The highest BCUT2D eigenvalue weighted by Gasteiger charge is 2.39. The summed E-state index contributed by atoms with van der Waals surface area (Å²) in [4.78, 5) is 25.8. The van der Waals surface area contributed by atoms with Crippen molar-refractivity contribution < 1.29 is 14.3 Å². The third-order valence-electron chi connectivity index (χ3n) is 3.94. The van der Waals surface area contributed by atoms with Crippen molar-refractivity contribution in [2.75, 3.05) is 20.2 Å². The van der Waals surface area contributed by atoms with Crippen molar-refractivity contribution in [1.82, 2.24) is 4.90 Å². The number of carbonyl (C=O) groups excluding carboxylic acids is 2. The minimum Gasteiger partial charge on any atom is -0.469 e. The second-order valence-electron chi connectivity index (χ2n) is 5.32. The fourth-order valence-corrected chi connectivity index (χ4v) is 2.71. The molecule has 1 amide bonds. The van der Waals surface area contributed by atoms with Crippen molar-refractivity contribution in [3.63, 3.8) is 0 Å². The molecule has 0 radical (unpaired) electrons. The number of hydrogen-bond acceptors (Lipinski definition) is 4. The normalized spacial score (nSPS) is 22.4. The van der Waals surface area contributed by atoms with E-state index in [2.05, 4.69) is 6.07 Å². The topological polar surface area (TPSA) is 70.4 Å². The molecule has 0 bridgehead atoms. The van der Waals surface area contributed by atoms with Gasteiger partial charge in [-0.15, -0.1) is 0 Å². The van der Waals surface area contributed by atoms with E-state index in [9.17, 15) is 14.9 Å². The number of nitrogens with zero attached hydrogens (tertiary/aromatic N) is 2. The van der Waals surface area contributed by atoms with Crippen LogP contribution in [-0.4, -0.2) is 37.0 Å². The summed E-state index contributed by atoms with van der Waals surface area (Å²) in [6.45, 7) is 2.71. The first kappa shape index (κ1) is 15.0. The molecule has 5 heteroatoms. The highest BCUT2D eigenvalue weighted by atomic mass is 16.5. The Bertz CT molecular complexity index is 565. The van der Waals surface area contributed by atoms with Crippen LogP contribution in [0.25, 0.3) is 0 Å². The molecule has 5 nitrogen and oxygen atoms in total. The summed E-state index contributed by atoms with van der Waals surface area (Å²) < 4.78 is 4.76. The molecule has 0 aliphatic carbocycles. The molecule has 0 spiro atoms. The van der Waals surface area contributed by atoms with E-state index in [1.54, 1.807) is 29.2 Å². The predicted octanol–water partition coefficient (Wildman–Crippen LogP) is 1.56. The summed E-state index contributed by atoms with van der Waals surface area (Å²) in [5, 5.41) is 9.31. The van der Waals surface area contributed by atoms with Gasteiger partial charge < -0.3 is 9.64 Å². The van der Waals surface area contributed by atoms with Crippen molar-refractivity contribution in [3.05, 3.63) is 35.9 Å². The van der Waals surface area contributed by atoms with Gasteiger partial charge in [-0.2, -0.15) is 5.26 Å². The Labute approximate surface area is 124 Å². The van der Waals surface area contributed by atoms with Crippen LogP contribution in [0.3, 0.4) is 0 Å². The molecule has 2 rings (SSSR count). The molecule has 1 saturated heterocycles. The van der Waals surface area contributed by atoms with E-state index in [0.29, 0.717) is 18.7 Å². The first-order chi connectivity index (χ1) is 10.1. The summed E-state index contributed by atoms with van der Waals surface area (Å²) in [6, 6.07) is 11.0. The molecule has 21 heavy (non-hydrogen) atoms. The third kappa shape index (κ3) is 3.05. The van der Waals surface area contributed by atoms with Gasteiger partial charge in [-0.05, 0) is 11.5 Å². The standard InChI is InChI=1S/C16H18N2O3/c1-11-9-18(10-14(11)16(20)21-2)15(19)13(8-17)12-6-4-3-5-7-12/h3-7,11,13-14H,9-10H2,1-2H3. The Morgan fingerprint density at radius 3 is 2.57 bits per heavy atom. The second kappa shape index (κ2) is 6.40. The lowest BCUT2D eigenvalue weighted by atomic mass is 9.99. The number of likely N-dealkylation sites (tertiary alicyclic amines) is 1. The molecule has 1 aromatic rings. The van der Waals surface area contributed by atoms with Gasteiger partial charge in [0, 0.05) is 13.1 Å². The number of carbonyl (C=O) groups is 2. The van der Waals surface area contributed by atoms with Crippen molar-refractivity contribution in [2.24, 2.45) is 11.8 Å². The zero-order chi connectivity index (χ0) is 15.4. The Hall–Kier alpha value is -2.35. The summed E-state index contributed by atoms with van der Waals surface area (Å²) in [6.07, 6.45) is 0. The van der Waals surface area contributed by atoms with E-state index in [4.69, 9.17) is 4.74 Å². The molecular formula is C16H18N2O3. The van der Waals surface area contributed by atoms with E-state index < -0.39 is 5.92 Å². The van der Waals surface area contributed by atoms with Crippen LogP contribution in [0.2, 0.25) is 0 Å². The maximum Gasteiger partial charge on any atom is 0.310 e. The zero-order valence-corrected chi connectivity index (χ0v) is 12.2. The zero-order valence-electron chi connectivity index (χ0n) is 12.2. The Morgan fingerprint density at radius 1 is 1.33 bits per heavy atom. The van der Waals surface area contributed by atoms with Gasteiger partial charge in [0.2, 0.25) is 5.91 Å². The van der Waals surface area contributed by atoms with Crippen LogP contribution in [0.15, 0.2) is 30.3 Å². The van der Waals surface area contributed by atoms with Crippen molar-refractivity contribution >= 4 is 11.9 Å². The van der Waals surface area contributed by atoms with Crippen molar-refractivity contribution in [2.45, 2.75) is 12.8 Å². The maximum absolute atomic E-state index is 12.5. The number of amides is 1. The van der Waals surface area contributed by atoms with Gasteiger partial charge in [-0.3, -0.25) is 9.59 Å². The van der Waals surface area contributed by atoms with Gasteiger partial charge in [0.15, 0.2) is 0 Å². The first-order valence-electron chi connectivity index (χ1n) is 6.89. The molecular weight excluding hydrogens is 268 g/mol. The number of rotatable bonds is 3. The minimum atomic E-state index is -0.824. The molecule has 1 aromatic carbocycles. The van der Waals surface area contributed by atoms with Crippen LogP contribution in [-0.2, 0) is 14.3 Å². The van der Waals surface area contributed by atoms with E-state index in [-0.39, 0.29) is 23.7 Å². The van der Waals surface area contributed by atoms with Gasteiger partial charge in [0.1, 0.15) is 5.92 Å². The van der Waals surface area contributed by atoms with Gasteiger partial charge in [-0.1, -0.05) is 37.3 Å². The quantitative estimate of drug-likeness (QED) is 0.791. The van der Waals surface area contributed by atoms with Crippen LogP contribution in [0.4, 0.5) is 0 Å². The second-order valence-corrected chi connectivity index (χ2v) is 5.32. The number of esters is 1. The number of ether oxygens (including phenoxy) is 1. The Balaban J connectivity index is 2.14. The Kier molecular flexibility index (Phi) is 4.59. The maximum atomic E-state index is 12.5. The molecule has 3 atom stereocenters. The number of methoxy groups -OCH3 is 1. The van der Waals surface area contributed by atoms with Crippen LogP contribution < -0.4 is 0 Å². The van der Waals surface area contributed by atoms with E-state index in [0.717, 1.165) is 0 Å². The highest BCUT2D eigenvalue weighted by molar-refractivity contribution is 5.87. The fraction of sp³-hybridized carbons (Fsp3) is 0.438. The lowest BCUT2D eigenvalue weighted by Crippen LogP contribution is -2.33. The molecule has 0 N–H and O–H groups in total. The number of benzene rings is 1. The van der Waals surface area contributed by atoms with E-state index >= 15 is 0 Å². The average Bonchev–Trinajstić information content (AvgIpc) is 2.90. The number of hydrogen-bond donors (Lipinski definition) is 0. The smallest absolute Gasteiger partial charge is 0.310 e. The minimum absolute atomic E-state index is 0.0384. The van der Waals surface area contributed by atoms with Crippen molar-refractivity contribution in [1.29, 1.82) is 5.26 Å². The van der Waals surface area contributed by atoms with Gasteiger partial charge >= 0.3 is 5.97 Å². The highest BCUT2D eigenvalue weighted by Crippen LogP contribution is 2.27. The summed E-state index contributed by atoms with van der Waals surface area (Å²) in [5.74, 6) is -1.65. The monoisotopic (exact) mass is 286 g/mol. The molecule has 1 fully saturated rings. The molecule has 0 saturated carbocycles. The third-order valence-corrected chi connectivity index (χ3v) is 3.94. The Morgan fingerprint density at radius 2 is 2.00 bits per heavy atom. The molecule has 110 valence electrons. The van der Waals surface area contributed by atoms with Crippen LogP contribution in [0.1, 0.15) is 18.4 Å². The lowest BCUT2D eigenvalue weighted by molar-refractivity contribution is -0.146. The van der Waals surface area contributed by atoms with Crippen LogP contribution in [0, 0.1) is 23.2 Å². The van der Waals surface area contributed by atoms with Gasteiger partial charge in [0.05, 0.1) is 19.1 Å². The average molecular weight is 286 g/mol. The van der Waals surface area contributed by atoms with E-state index in [1.165, 1.54) is 7.11 Å². The molecule has 1 heterocycles. The van der Waals surface area contributed by atoms with E-state index in [1.807, 2.05) is 13.0 Å². The van der Waals surface area contributed by atoms with Crippen LogP contribution in [0.5, 0.6) is 0 Å². The summed E-state index contributed by atoms with van der Waals surface area (Å²) in [7, 11) is 1.35. The first-order valence-corrected chi connectivity index (χ1v) is 6.89. The fourth-order valence-electron chi connectivity index (χ4n) is 2.71. The predicted molar refractivity (Wildman–Crippen MR) is 76.0 cm³/mol. The van der Waals surface area contributed by atoms with Gasteiger partial charge in [-0.25, -0.2) is 0 Å². The number of nitriles is 1. The molecule has 1 aliphatic heterocycles. The SMILES string of the molecule is COC(=O)C1CN(C(=O)C(C#N)c2ccccc2)CC1C. The van der Waals surface area contributed by atoms with Gasteiger partial charge in [0.25, 0.3) is 0 Å².